The van der Waals surface area contributed by atoms with E-state index in [0.29, 0.717) is 0 Å². The fourth-order valence-electron chi connectivity index (χ4n) is 0. The molecule has 0 unspecified atom stereocenters. The van der Waals surface area contributed by atoms with Gasteiger partial charge in [0.1, 0.15) is 0 Å². The molecule has 5 heteroatoms. The van der Waals surface area contributed by atoms with Crippen molar-refractivity contribution in [2.45, 2.75) is 0 Å². The zero-order valence-corrected chi connectivity index (χ0v) is 7.34. The van der Waals surface area contributed by atoms with Gasteiger partial charge in [-0.05, 0) is 0 Å². The predicted octanol–water partition coefficient (Wildman–Crippen LogP) is -2.51. The summed E-state index contributed by atoms with van der Waals surface area (Å²) in [6.45, 7) is 0. The van der Waals surface area contributed by atoms with Gasteiger partial charge in [-0.15, -0.1) is 0 Å². The Morgan fingerprint density at radius 2 is 1.20 bits per heavy atom. The third-order valence-electron chi connectivity index (χ3n) is 0. The topological polar surface area (TPSA) is 58.7 Å². The predicted molar refractivity (Wildman–Crippen MR) is 15.8 cm³/mol. The van der Waals surface area contributed by atoms with Crippen LogP contribution in [0, 0.1) is 0 Å². The summed E-state index contributed by atoms with van der Waals surface area (Å²) in [6, 6.07) is 0. The van der Waals surface area contributed by atoms with Gasteiger partial charge < -0.3 is 11.1 Å². The Kier molecular flexibility index (Phi) is 60.0. The Bertz CT molecular complexity index is 25.9. The molecule has 1 radical (unpaired) electrons. The molecule has 0 aliphatic rings. The molecule has 0 aromatic rings. The third-order valence-corrected chi connectivity index (χ3v) is 0. The van der Waals surface area contributed by atoms with Crippen LogP contribution in [0.2, 0.25) is 0 Å². The second-order valence-electron chi connectivity index (χ2n) is 0.0894. The molecule has 5 heavy (non-hydrogen) atoms. The standard InChI is InChI=1S/N3.2Na/c1-3-2;;/q-1;;+1. The second-order valence-corrected chi connectivity index (χ2v) is 0.0894. The quantitative estimate of drug-likeness (QED) is 0.136. The first-order valence-electron chi connectivity index (χ1n) is 0.400. The van der Waals surface area contributed by atoms with Gasteiger partial charge in [-0.3, -0.25) is 4.91 Å². The van der Waals surface area contributed by atoms with E-state index in [2.05, 4.69) is 0 Å². The number of nitrogens with zero attached hydrogens (tertiary/aromatic N) is 3. The average molecular weight is 88.0 g/mol. The van der Waals surface area contributed by atoms with E-state index in [1.807, 2.05) is 0 Å². The Hall–Kier alpha value is 1.31. The summed E-state index contributed by atoms with van der Waals surface area (Å²) in [5, 5.41) is 0. The Morgan fingerprint density at radius 3 is 1.20 bits per heavy atom. The Morgan fingerprint density at radius 1 is 1.20 bits per heavy atom. The van der Waals surface area contributed by atoms with Crippen molar-refractivity contribution in [2.75, 3.05) is 0 Å². The monoisotopic (exact) mass is 88.0 g/mol. The van der Waals surface area contributed by atoms with Gasteiger partial charge in [0.15, 0.2) is 0 Å². The van der Waals surface area contributed by atoms with Crippen molar-refractivity contribution >= 4 is 29.6 Å². The molecule has 0 bridgehead atoms. The zero-order chi connectivity index (χ0) is 2.71. The normalized spacial score (nSPS) is 1.60. The summed E-state index contributed by atoms with van der Waals surface area (Å²) in [5.41, 5.74) is 13.5. The molecule has 0 N–H and O–H groups in total. The largest absolute Gasteiger partial charge is 1.00 e. The van der Waals surface area contributed by atoms with Gasteiger partial charge in [-0.1, -0.05) is 0 Å². The van der Waals surface area contributed by atoms with Crippen LogP contribution >= 0.6 is 0 Å². The molecular formula is N3Na2. The van der Waals surface area contributed by atoms with E-state index in [0.717, 1.165) is 0 Å². The summed E-state index contributed by atoms with van der Waals surface area (Å²) in [5.74, 6) is 0. The number of hydrogen-bond donors (Lipinski definition) is 0. The van der Waals surface area contributed by atoms with Crippen molar-refractivity contribution in [3.8, 4) is 0 Å². The van der Waals surface area contributed by atoms with E-state index in [4.69, 9.17) is 11.1 Å². The zero-order valence-electron chi connectivity index (χ0n) is 3.34. The minimum atomic E-state index is 0. The van der Waals surface area contributed by atoms with Crippen LogP contribution in [0.25, 0.3) is 16.0 Å². The number of hydrogen-bond acceptors (Lipinski definition) is 0. The van der Waals surface area contributed by atoms with Gasteiger partial charge >= 0.3 is 29.6 Å². The van der Waals surface area contributed by atoms with Gasteiger partial charge in [0.25, 0.3) is 0 Å². The molecule has 0 fully saturated rings. The fraction of sp³-hybridized carbons (Fsp3) is 0. The maximum absolute atomic E-state index is 6.75. The van der Waals surface area contributed by atoms with Crippen LogP contribution in [0.3, 0.4) is 0 Å². The van der Waals surface area contributed by atoms with E-state index in [1.165, 1.54) is 4.91 Å². The Balaban J connectivity index is -0.0000000200. The molecule has 0 aliphatic carbocycles. The molecule has 3 nitrogen and oxygen atoms in total. The van der Waals surface area contributed by atoms with E-state index in [9.17, 15) is 0 Å². The van der Waals surface area contributed by atoms with E-state index in [1.54, 1.807) is 0 Å². The van der Waals surface area contributed by atoms with Crippen molar-refractivity contribution < 1.29 is 29.6 Å². The van der Waals surface area contributed by atoms with Gasteiger partial charge in [0.05, 0.1) is 0 Å². The minimum Gasteiger partial charge on any atom is -0.373 e. The van der Waals surface area contributed by atoms with Crippen LogP contribution < -0.4 is 29.6 Å². The van der Waals surface area contributed by atoms with Crippen molar-refractivity contribution in [1.82, 2.24) is 0 Å². The molecule has 0 aromatic carbocycles. The van der Waals surface area contributed by atoms with Crippen molar-refractivity contribution in [2.24, 2.45) is 0 Å². The molecule has 0 spiro atoms. The van der Waals surface area contributed by atoms with Gasteiger partial charge in [0, 0.05) is 29.6 Å². The van der Waals surface area contributed by atoms with Gasteiger partial charge in [-0.2, -0.15) is 0 Å². The summed E-state index contributed by atoms with van der Waals surface area (Å²) in [4.78, 5) is 1.50. The van der Waals surface area contributed by atoms with E-state index < -0.39 is 0 Å². The Labute approximate surface area is 74.1 Å². The van der Waals surface area contributed by atoms with Crippen molar-refractivity contribution in [3.05, 3.63) is 16.0 Å². The summed E-state index contributed by atoms with van der Waals surface area (Å²) in [6.07, 6.45) is 0. The first-order valence-corrected chi connectivity index (χ1v) is 0.400. The van der Waals surface area contributed by atoms with Crippen LogP contribution in [0.4, 0.5) is 0 Å². The second kappa shape index (κ2) is 18.5. The van der Waals surface area contributed by atoms with E-state index >= 15 is 0 Å². The molecule has 0 rings (SSSR count). The minimum absolute atomic E-state index is 0. The molecule has 0 saturated carbocycles. The summed E-state index contributed by atoms with van der Waals surface area (Å²) in [7, 11) is 0. The summed E-state index contributed by atoms with van der Waals surface area (Å²) < 4.78 is 0. The van der Waals surface area contributed by atoms with Gasteiger partial charge in [-0.25, -0.2) is 0 Å². The van der Waals surface area contributed by atoms with Crippen molar-refractivity contribution in [1.29, 1.82) is 0 Å². The fourth-order valence-corrected chi connectivity index (χ4v) is 0. The first kappa shape index (κ1) is 16.2. The molecular weight excluding hydrogens is 88.0 g/mol. The van der Waals surface area contributed by atoms with Gasteiger partial charge in [0.2, 0.25) is 0 Å². The SMILES string of the molecule is [N-]=[N+]=[N-].[Na+].[Na]. The molecule has 0 heterocycles. The van der Waals surface area contributed by atoms with Crippen LogP contribution in [-0.4, -0.2) is 29.6 Å². The van der Waals surface area contributed by atoms with Crippen molar-refractivity contribution in [3.63, 3.8) is 0 Å². The van der Waals surface area contributed by atoms with Crippen LogP contribution in [0.5, 0.6) is 0 Å². The van der Waals surface area contributed by atoms with E-state index in [-0.39, 0.29) is 59.1 Å². The molecule has 0 saturated heterocycles. The van der Waals surface area contributed by atoms with Crippen LogP contribution in [-0.2, 0) is 0 Å². The molecule has 17 valence electrons. The average Bonchev–Trinajstić information content (AvgIpc) is 0.918. The van der Waals surface area contributed by atoms with Crippen LogP contribution in [0.1, 0.15) is 0 Å². The summed E-state index contributed by atoms with van der Waals surface area (Å²) >= 11 is 0. The van der Waals surface area contributed by atoms with Crippen LogP contribution in [0.15, 0.2) is 0 Å². The molecule has 0 aromatic heterocycles. The first-order chi connectivity index (χ1) is 1.41. The number of rotatable bonds is 0. The molecule has 0 atom stereocenters. The molecule has 0 amide bonds. The third kappa shape index (κ3) is 33.9. The maximum Gasteiger partial charge on any atom is 1.00 e. The maximum atomic E-state index is 6.75. The smallest absolute Gasteiger partial charge is 0.373 e. The molecule has 0 aliphatic heterocycles.